The van der Waals surface area contributed by atoms with Crippen LogP contribution in [0.4, 0.5) is 5.69 Å². The number of thioether (sulfide) groups is 1. The first kappa shape index (κ1) is 14.4. The number of benzene rings is 1. The van der Waals surface area contributed by atoms with Crippen LogP contribution in [0.25, 0.3) is 0 Å². The number of carbonyl (C=O) groups excluding carboxylic acids is 2. The molecule has 0 spiro atoms. The molecule has 1 fully saturated rings. The van der Waals surface area contributed by atoms with Crippen molar-refractivity contribution in [2.24, 2.45) is 0 Å². The molecule has 0 bridgehead atoms. The topological polar surface area (TPSA) is 67.4 Å². The van der Waals surface area contributed by atoms with Crippen molar-refractivity contribution in [3.8, 4) is 0 Å². The molecular formula is C15H18N2O3S. The number of anilines is 1. The maximum absolute atomic E-state index is 12.4. The number of amides is 2. The zero-order chi connectivity index (χ0) is 14.9. The summed E-state index contributed by atoms with van der Waals surface area (Å²) in [5, 5.41) is 5.66. The van der Waals surface area contributed by atoms with E-state index in [-0.39, 0.29) is 17.9 Å². The molecule has 3 rings (SSSR count). The average Bonchev–Trinajstić information content (AvgIpc) is 2.99. The van der Waals surface area contributed by atoms with Gasteiger partial charge in [0.15, 0.2) is 4.75 Å². The Morgan fingerprint density at radius 3 is 3.10 bits per heavy atom. The van der Waals surface area contributed by atoms with Gasteiger partial charge in [0.05, 0.1) is 11.8 Å². The SMILES string of the molecule is CC1(C(=O)NCC2CCCO2)Sc2ccccc2NC1=O. The maximum atomic E-state index is 12.4. The molecule has 1 aromatic carbocycles. The summed E-state index contributed by atoms with van der Waals surface area (Å²) in [7, 11) is 0. The number of hydrogen-bond donors (Lipinski definition) is 2. The number of fused-ring (bicyclic) bond motifs is 1. The van der Waals surface area contributed by atoms with Crippen LogP contribution in [0.5, 0.6) is 0 Å². The Kier molecular flexibility index (Phi) is 3.91. The summed E-state index contributed by atoms with van der Waals surface area (Å²) in [5.74, 6) is -0.550. The molecule has 0 aromatic heterocycles. The van der Waals surface area contributed by atoms with Gasteiger partial charge in [0, 0.05) is 18.0 Å². The van der Waals surface area contributed by atoms with E-state index < -0.39 is 4.75 Å². The van der Waals surface area contributed by atoms with Crippen molar-refractivity contribution in [2.45, 2.75) is 35.5 Å². The van der Waals surface area contributed by atoms with Crippen LogP contribution in [0.15, 0.2) is 29.2 Å². The number of nitrogens with one attached hydrogen (secondary N) is 2. The van der Waals surface area contributed by atoms with Crippen molar-refractivity contribution < 1.29 is 14.3 Å². The number of rotatable bonds is 3. The highest BCUT2D eigenvalue weighted by molar-refractivity contribution is 8.02. The molecule has 2 atom stereocenters. The first-order chi connectivity index (χ1) is 10.1. The lowest BCUT2D eigenvalue weighted by molar-refractivity contribution is -0.130. The fourth-order valence-electron chi connectivity index (χ4n) is 2.50. The van der Waals surface area contributed by atoms with Crippen LogP contribution < -0.4 is 10.6 Å². The van der Waals surface area contributed by atoms with Gasteiger partial charge in [-0.3, -0.25) is 9.59 Å². The van der Waals surface area contributed by atoms with Crippen LogP contribution in [0, 0.1) is 0 Å². The third-order valence-electron chi connectivity index (χ3n) is 3.83. The summed E-state index contributed by atoms with van der Waals surface area (Å²) in [5.41, 5.74) is 0.761. The highest BCUT2D eigenvalue weighted by Gasteiger charge is 2.45. The Bertz CT molecular complexity index is 572. The van der Waals surface area contributed by atoms with Gasteiger partial charge in [-0.15, -0.1) is 0 Å². The Labute approximate surface area is 127 Å². The van der Waals surface area contributed by atoms with Gasteiger partial charge in [-0.05, 0) is 31.9 Å². The van der Waals surface area contributed by atoms with Crippen molar-refractivity contribution in [1.82, 2.24) is 5.32 Å². The Balaban J connectivity index is 1.70. The van der Waals surface area contributed by atoms with Gasteiger partial charge in [-0.1, -0.05) is 23.9 Å². The lowest BCUT2D eigenvalue weighted by atomic mass is 10.1. The predicted molar refractivity (Wildman–Crippen MR) is 81.3 cm³/mol. The maximum Gasteiger partial charge on any atom is 0.250 e. The molecule has 21 heavy (non-hydrogen) atoms. The van der Waals surface area contributed by atoms with E-state index in [9.17, 15) is 9.59 Å². The van der Waals surface area contributed by atoms with E-state index in [0.717, 1.165) is 30.0 Å². The minimum Gasteiger partial charge on any atom is -0.376 e. The van der Waals surface area contributed by atoms with Gasteiger partial charge < -0.3 is 15.4 Å². The number of hydrogen-bond acceptors (Lipinski definition) is 4. The summed E-state index contributed by atoms with van der Waals surface area (Å²) in [6.45, 7) is 2.87. The van der Waals surface area contributed by atoms with Crippen molar-refractivity contribution in [1.29, 1.82) is 0 Å². The van der Waals surface area contributed by atoms with E-state index in [1.165, 1.54) is 11.8 Å². The Hall–Kier alpha value is -1.53. The van der Waals surface area contributed by atoms with Gasteiger partial charge in [0.25, 0.3) is 0 Å². The second-order valence-corrected chi connectivity index (χ2v) is 6.89. The molecule has 2 aliphatic heterocycles. The minimum atomic E-state index is -1.15. The first-order valence-corrected chi connectivity index (χ1v) is 7.90. The Morgan fingerprint density at radius 2 is 2.33 bits per heavy atom. The highest BCUT2D eigenvalue weighted by Crippen LogP contribution is 2.42. The molecule has 2 unspecified atom stereocenters. The van der Waals surface area contributed by atoms with Crippen molar-refractivity contribution in [2.75, 3.05) is 18.5 Å². The van der Waals surface area contributed by atoms with Gasteiger partial charge in [-0.2, -0.15) is 0 Å². The second-order valence-electron chi connectivity index (χ2n) is 5.43. The van der Waals surface area contributed by atoms with Crippen LogP contribution in [0.2, 0.25) is 0 Å². The highest BCUT2D eigenvalue weighted by atomic mass is 32.2. The van der Waals surface area contributed by atoms with Gasteiger partial charge in [-0.25, -0.2) is 0 Å². The van der Waals surface area contributed by atoms with E-state index in [1.54, 1.807) is 6.92 Å². The fraction of sp³-hybridized carbons (Fsp3) is 0.467. The van der Waals surface area contributed by atoms with E-state index in [4.69, 9.17) is 4.74 Å². The number of para-hydroxylation sites is 1. The molecule has 0 aliphatic carbocycles. The normalized spacial score (nSPS) is 27.9. The van der Waals surface area contributed by atoms with Crippen molar-refractivity contribution in [3.63, 3.8) is 0 Å². The second kappa shape index (κ2) is 5.69. The lowest BCUT2D eigenvalue weighted by Gasteiger charge is -2.32. The average molecular weight is 306 g/mol. The number of ether oxygens (including phenoxy) is 1. The quantitative estimate of drug-likeness (QED) is 0.836. The van der Waals surface area contributed by atoms with Gasteiger partial charge in [0.1, 0.15) is 0 Å². The third kappa shape index (κ3) is 2.78. The minimum absolute atomic E-state index is 0.0708. The summed E-state index contributed by atoms with van der Waals surface area (Å²) in [6, 6.07) is 7.50. The van der Waals surface area contributed by atoms with Crippen molar-refractivity contribution in [3.05, 3.63) is 24.3 Å². The molecular weight excluding hydrogens is 288 g/mol. The van der Waals surface area contributed by atoms with Crippen LogP contribution in [0.1, 0.15) is 19.8 Å². The fourth-order valence-corrected chi connectivity index (χ4v) is 3.62. The van der Waals surface area contributed by atoms with Crippen LogP contribution in [-0.2, 0) is 14.3 Å². The molecule has 6 heteroatoms. The molecule has 112 valence electrons. The summed E-state index contributed by atoms with van der Waals surface area (Å²) < 4.78 is 4.34. The smallest absolute Gasteiger partial charge is 0.250 e. The molecule has 2 amide bonds. The van der Waals surface area contributed by atoms with E-state index >= 15 is 0 Å². The largest absolute Gasteiger partial charge is 0.376 e. The molecule has 1 saturated heterocycles. The molecule has 5 nitrogen and oxygen atoms in total. The molecule has 0 radical (unpaired) electrons. The molecule has 0 saturated carbocycles. The molecule has 1 aromatic rings. The standard InChI is InChI=1S/C15H18N2O3S/c1-15(13(18)16-9-10-5-4-8-20-10)14(19)17-11-6-2-3-7-12(11)21-15/h2-3,6-7,10H,4-5,8-9H2,1H3,(H,16,18)(H,17,19). The van der Waals surface area contributed by atoms with Gasteiger partial charge >= 0.3 is 0 Å². The Morgan fingerprint density at radius 1 is 1.52 bits per heavy atom. The lowest BCUT2D eigenvalue weighted by Crippen LogP contribution is -2.53. The summed E-state index contributed by atoms with van der Waals surface area (Å²) >= 11 is 1.29. The third-order valence-corrected chi connectivity index (χ3v) is 5.19. The van der Waals surface area contributed by atoms with E-state index in [0.29, 0.717) is 6.54 Å². The molecule has 2 aliphatic rings. The molecule has 2 heterocycles. The van der Waals surface area contributed by atoms with Crippen molar-refractivity contribution >= 4 is 29.3 Å². The molecule has 2 N–H and O–H groups in total. The summed E-state index contributed by atoms with van der Waals surface area (Å²) in [4.78, 5) is 25.6. The predicted octanol–water partition coefficient (Wildman–Crippen LogP) is 1.78. The van der Waals surface area contributed by atoms with Crippen LogP contribution >= 0.6 is 11.8 Å². The zero-order valence-corrected chi connectivity index (χ0v) is 12.7. The van der Waals surface area contributed by atoms with E-state index in [2.05, 4.69) is 10.6 Å². The van der Waals surface area contributed by atoms with E-state index in [1.807, 2.05) is 24.3 Å². The number of carbonyl (C=O) groups is 2. The van der Waals surface area contributed by atoms with Crippen LogP contribution in [0.3, 0.4) is 0 Å². The van der Waals surface area contributed by atoms with Gasteiger partial charge in [0.2, 0.25) is 11.8 Å². The monoisotopic (exact) mass is 306 g/mol. The van der Waals surface area contributed by atoms with Crippen LogP contribution in [-0.4, -0.2) is 35.8 Å². The first-order valence-electron chi connectivity index (χ1n) is 7.09. The summed E-state index contributed by atoms with van der Waals surface area (Å²) in [6.07, 6.45) is 2.06. The zero-order valence-electron chi connectivity index (χ0n) is 11.8.